The third-order valence-electron chi connectivity index (χ3n) is 3.04. The molecule has 0 spiro atoms. The number of allylic oxidation sites excluding steroid dienone is 3. The molecule has 0 saturated carbocycles. The molecule has 0 aliphatic carbocycles. The predicted molar refractivity (Wildman–Crippen MR) is 86.3 cm³/mol. The van der Waals surface area contributed by atoms with E-state index in [1.807, 2.05) is 13.0 Å². The van der Waals surface area contributed by atoms with Crippen molar-refractivity contribution in [3.8, 4) is 0 Å². The predicted octanol–water partition coefficient (Wildman–Crippen LogP) is 2.83. The van der Waals surface area contributed by atoms with Crippen LogP contribution in [0.25, 0.3) is 0 Å². The number of aliphatic imine (C=N–C) groups is 1. The lowest BCUT2D eigenvalue weighted by molar-refractivity contribution is 0.410. The minimum Gasteiger partial charge on any atom is -0.361 e. The quantitative estimate of drug-likeness (QED) is 0.680. The van der Waals surface area contributed by atoms with E-state index in [9.17, 15) is 0 Å². The van der Waals surface area contributed by atoms with E-state index in [0.29, 0.717) is 11.6 Å². The lowest BCUT2D eigenvalue weighted by Gasteiger charge is -2.26. The third kappa shape index (κ3) is 5.70. The molecule has 0 amide bonds. The van der Waals surface area contributed by atoms with Gasteiger partial charge in [-0.25, -0.2) is 0 Å². The standard InChI is InChI=1S/C14H23BrN4/c1-10(16)7-14(12-5-4-6-18-8-12)19-11(2)13(15)9-17-3/h7,9,12,16,18-19H,4-6,8H2,1-3H3/b13-11-,14-7?,16-10?,17-9?. The highest BCUT2D eigenvalue weighted by Crippen LogP contribution is 2.20. The van der Waals surface area contributed by atoms with Gasteiger partial charge in [-0.05, 0) is 55.2 Å². The Balaban J connectivity index is 2.86. The Kier molecular flexibility index (Phi) is 7.02. The molecule has 0 bridgehead atoms. The molecule has 3 N–H and O–H groups in total. The molecule has 1 aliphatic heterocycles. The third-order valence-corrected chi connectivity index (χ3v) is 3.84. The zero-order chi connectivity index (χ0) is 14.3. The maximum atomic E-state index is 7.69. The number of rotatable bonds is 5. The zero-order valence-electron chi connectivity index (χ0n) is 11.9. The SMILES string of the molecule is CN=C/C(Br)=C(\C)NC(=CC(C)=N)C1CCCNC1. The van der Waals surface area contributed by atoms with Crippen LogP contribution in [0.1, 0.15) is 26.7 Å². The van der Waals surface area contributed by atoms with E-state index in [0.717, 1.165) is 35.4 Å². The lowest BCUT2D eigenvalue weighted by Crippen LogP contribution is -2.34. The molecule has 1 aliphatic rings. The molecule has 1 heterocycles. The minimum atomic E-state index is 0.447. The van der Waals surface area contributed by atoms with Gasteiger partial charge in [-0.2, -0.15) is 0 Å². The fraction of sp³-hybridized carbons (Fsp3) is 0.571. The van der Waals surface area contributed by atoms with Gasteiger partial charge in [-0.3, -0.25) is 4.99 Å². The molecule has 106 valence electrons. The summed E-state index contributed by atoms with van der Waals surface area (Å²) < 4.78 is 0.937. The summed E-state index contributed by atoms with van der Waals surface area (Å²) in [6.45, 7) is 5.88. The van der Waals surface area contributed by atoms with Crippen LogP contribution < -0.4 is 10.6 Å². The van der Waals surface area contributed by atoms with Crippen LogP contribution >= 0.6 is 15.9 Å². The summed E-state index contributed by atoms with van der Waals surface area (Å²) in [6.07, 6.45) is 6.04. The molecule has 1 atom stereocenters. The highest BCUT2D eigenvalue weighted by atomic mass is 79.9. The van der Waals surface area contributed by atoms with E-state index in [4.69, 9.17) is 5.41 Å². The molecule has 5 heteroatoms. The molecule has 0 radical (unpaired) electrons. The van der Waals surface area contributed by atoms with Crippen LogP contribution in [0, 0.1) is 11.3 Å². The zero-order valence-corrected chi connectivity index (χ0v) is 13.5. The number of piperidine rings is 1. The average molecular weight is 327 g/mol. The Morgan fingerprint density at radius 3 is 2.74 bits per heavy atom. The second kappa shape index (κ2) is 8.27. The van der Waals surface area contributed by atoms with Crippen molar-refractivity contribution >= 4 is 27.9 Å². The van der Waals surface area contributed by atoms with Crippen molar-refractivity contribution in [3.05, 3.63) is 22.0 Å². The fourth-order valence-electron chi connectivity index (χ4n) is 2.09. The van der Waals surface area contributed by atoms with Crippen LogP contribution in [-0.2, 0) is 0 Å². The molecule has 0 aromatic heterocycles. The Hall–Kier alpha value is -0.940. The number of hydrogen-bond donors (Lipinski definition) is 3. The van der Waals surface area contributed by atoms with Gasteiger partial charge in [0.05, 0.1) is 4.48 Å². The second-order valence-corrected chi connectivity index (χ2v) is 5.67. The fourth-order valence-corrected chi connectivity index (χ4v) is 2.40. The van der Waals surface area contributed by atoms with Crippen LogP contribution in [0.5, 0.6) is 0 Å². The monoisotopic (exact) mass is 326 g/mol. The molecule has 1 saturated heterocycles. The number of nitrogens with one attached hydrogen (secondary N) is 3. The van der Waals surface area contributed by atoms with Gasteiger partial charge in [0.2, 0.25) is 0 Å². The van der Waals surface area contributed by atoms with Gasteiger partial charge < -0.3 is 16.0 Å². The lowest BCUT2D eigenvalue weighted by atomic mass is 9.95. The van der Waals surface area contributed by atoms with E-state index in [1.54, 1.807) is 20.2 Å². The summed E-state index contributed by atoms with van der Waals surface area (Å²) in [7, 11) is 1.75. The van der Waals surface area contributed by atoms with Crippen molar-refractivity contribution in [2.75, 3.05) is 20.1 Å². The van der Waals surface area contributed by atoms with Gasteiger partial charge >= 0.3 is 0 Å². The van der Waals surface area contributed by atoms with E-state index in [2.05, 4.69) is 31.6 Å². The maximum Gasteiger partial charge on any atom is 0.0543 e. The van der Waals surface area contributed by atoms with Crippen molar-refractivity contribution < 1.29 is 0 Å². The van der Waals surface area contributed by atoms with Crippen LogP contribution in [0.2, 0.25) is 0 Å². The van der Waals surface area contributed by atoms with Crippen LogP contribution in [0.15, 0.2) is 26.9 Å². The topological polar surface area (TPSA) is 60.3 Å². The highest BCUT2D eigenvalue weighted by molar-refractivity contribution is 9.12. The van der Waals surface area contributed by atoms with Crippen LogP contribution in [0.3, 0.4) is 0 Å². The highest BCUT2D eigenvalue weighted by Gasteiger charge is 2.18. The molecule has 1 fully saturated rings. The molecule has 1 rings (SSSR count). The first-order chi connectivity index (χ1) is 9.04. The van der Waals surface area contributed by atoms with E-state index in [1.165, 1.54) is 6.42 Å². The molecular formula is C14H23BrN4. The molecule has 0 aromatic rings. The van der Waals surface area contributed by atoms with Crippen molar-refractivity contribution in [2.45, 2.75) is 26.7 Å². The normalized spacial score (nSPS) is 22.3. The van der Waals surface area contributed by atoms with Crippen molar-refractivity contribution in [1.82, 2.24) is 10.6 Å². The Morgan fingerprint density at radius 2 is 2.21 bits per heavy atom. The Labute approximate surface area is 124 Å². The van der Waals surface area contributed by atoms with Gasteiger partial charge in [-0.15, -0.1) is 0 Å². The van der Waals surface area contributed by atoms with Gasteiger partial charge in [0.25, 0.3) is 0 Å². The summed E-state index contributed by atoms with van der Waals surface area (Å²) in [5, 5.41) is 14.5. The maximum absolute atomic E-state index is 7.69. The van der Waals surface area contributed by atoms with Gasteiger partial charge in [0, 0.05) is 42.8 Å². The van der Waals surface area contributed by atoms with Gasteiger partial charge in [-0.1, -0.05) is 0 Å². The molecule has 4 nitrogen and oxygen atoms in total. The molecule has 1 unspecified atom stereocenters. The number of nitrogens with zero attached hydrogens (tertiary/aromatic N) is 1. The summed E-state index contributed by atoms with van der Waals surface area (Å²) in [5.41, 5.74) is 2.70. The van der Waals surface area contributed by atoms with Crippen LogP contribution in [0.4, 0.5) is 0 Å². The molecule has 0 aromatic carbocycles. The van der Waals surface area contributed by atoms with E-state index >= 15 is 0 Å². The summed E-state index contributed by atoms with van der Waals surface area (Å²) >= 11 is 3.49. The minimum absolute atomic E-state index is 0.447. The first-order valence-corrected chi connectivity index (χ1v) is 7.37. The summed E-state index contributed by atoms with van der Waals surface area (Å²) in [5.74, 6) is 0.447. The van der Waals surface area contributed by atoms with Gasteiger partial charge in [0.15, 0.2) is 0 Å². The van der Waals surface area contributed by atoms with Crippen molar-refractivity contribution in [2.24, 2.45) is 10.9 Å². The summed E-state index contributed by atoms with van der Waals surface area (Å²) in [6, 6.07) is 0. The van der Waals surface area contributed by atoms with Crippen molar-refractivity contribution in [3.63, 3.8) is 0 Å². The Morgan fingerprint density at radius 1 is 1.47 bits per heavy atom. The van der Waals surface area contributed by atoms with Gasteiger partial charge in [0.1, 0.15) is 0 Å². The number of halogens is 1. The smallest absolute Gasteiger partial charge is 0.0543 e. The van der Waals surface area contributed by atoms with Crippen molar-refractivity contribution in [1.29, 1.82) is 5.41 Å². The van der Waals surface area contributed by atoms with E-state index < -0.39 is 0 Å². The molecular weight excluding hydrogens is 304 g/mol. The van der Waals surface area contributed by atoms with E-state index in [-0.39, 0.29) is 0 Å². The Bertz CT molecular complexity index is 404. The first kappa shape index (κ1) is 16.1. The first-order valence-electron chi connectivity index (χ1n) is 6.57. The number of hydrogen-bond acceptors (Lipinski definition) is 4. The second-order valence-electron chi connectivity index (χ2n) is 4.81. The largest absolute Gasteiger partial charge is 0.361 e. The summed E-state index contributed by atoms with van der Waals surface area (Å²) in [4.78, 5) is 3.99. The van der Waals surface area contributed by atoms with Crippen LogP contribution in [-0.4, -0.2) is 32.1 Å². The molecule has 19 heavy (non-hydrogen) atoms. The average Bonchev–Trinajstić information content (AvgIpc) is 2.38.